The molecular formula is C18H13F3N4O. The van der Waals surface area contributed by atoms with Crippen molar-refractivity contribution < 1.29 is 18.0 Å². The molecule has 0 aliphatic carbocycles. The Labute approximate surface area is 147 Å². The van der Waals surface area contributed by atoms with Gasteiger partial charge in [-0.15, -0.1) is 0 Å². The van der Waals surface area contributed by atoms with Gasteiger partial charge in [0, 0.05) is 11.9 Å². The predicted octanol–water partition coefficient (Wildman–Crippen LogP) is 4.87. The molecule has 2 amide bonds. The lowest BCUT2D eigenvalue weighted by Gasteiger charge is -2.23. The van der Waals surface area contributed by atoms with Crippen LogP contribution in [0.25, 0.3) is 0 Å². The van der Waals surface area contributed by atoms with E-state index in [1.807, 2.05) is 0 Å². The summed E-state index contributed by atoms with van der Waals surface area (Å²) in [4.78, 5) is 21.6. The first kappa shape index (κ1) is 17.4. The molecule has 0 spiro atoms. The SMILES string of the molecule is O=C(Nc1ccccc1)N(c1cccc(C(F)(F)F)c1)c1ccncn1. The molecule has 0 bridgehead atoms. The second-order valence-electron chi connectivity index (χ2n) is 5.25. The molecule has 0 saturated heterocycles. The maximum Gasteiger partial charge on any atom is 0.416 e. The second-order valence-corrected chi connectivity index (χ2v) is 5.25. The molecule has 5 nitrogen and oxygen atoms in total. The van der Waals surface area contributed by atoms with Crippen LogP contribution in [0.2, 0.25) is 0 Å². The van der Waals surface area contributed by atoms with Crippen molar-refractivity contribution in [3.63, 3.8) is 0 Å². The number of aromatic nitrogens is 2. The van der Waals surface area contributed by atoms with Gasteiger partial charge in [0.2, 0.25) is 0 Å². The van der Waals surface area contributed by atoms with Crippen LogP contribution >= 0.6 is 0 Å². The lowest BCUT2D eigenvalue weighted by molar-refractivity contribution is -0.137. The van der Waals surface area contributed by atoms with Crippen LogP contribution in [-0.2, 0) is 6.18 Å². The summed E-state index contributed by atoms with van der Waals surface area (Å²) >= 11 is 0. The third-order valence-electron chi connectivity index (χ3n) is 3.46. The first-order valence-electron chi connectivity index (χ1n) is 7.54. The molecule has 26 heavy (non-hydrogen) atoms. The summed E-state index contributed by atoms with van der Waals surface area (Å²) in [5.74, 6) is 0.146. The Hall–Kier alpha value is -3.42. The maximum atomic E-state index is 13.0. The predicted molar refractivity (Wildman–Crippen MR) is 91.1 cm³/mol. The van der Waals surface area contributed by atoms with Crippen molar-refractivity contribution in [2.24, 2.45) is 0 Å². The van der Waals surface area contributed by atoms with Gasteiger partial charge in [0.25, 0.3) is 0 Å². The van der Waals surface area contributed by atoms with E-state index in [2.05, 4.69) is 15.3 Å². The van der Waals surface area contributed by atoms with Crippen molar-refractivity contribution in [1.29, 1.82) is 0 Å². The largest absolute Gasteiger partial charge is 0.416 e. The van der Waals surface area contributed by atoms with Gasteiger partial charge in [-0.2, -0.15) is 13.2 Å². The smallest absolute Gasteiger partial charge is 0.307 e. The van der Waals surface area contributed by atoms with Gasteiger partial charge in [0.05, 0.1) is 11.3 Å². The van der Waals surface area contributed by atoms with Crippen LogP contribution in [0.15, 0.2) is 73.2 Å². The molecule has 2 aromatic carbocycles. The molecule has 0 atom stereocenters. The number of nitrogens with zero attached hydrogens (tertiary/aromatic N) is 3. The number of urea groups is 1. The van der Waals surface area contributed by atoms with Crippen LogP contribution in [0.5, 0.6) is 0 Å². The molecule has 1 aromatic heterocycles. The second kappa shape index (κ2) is 7.22. The highest BCUT2D eigenvalue weighted by atomic mass is 19.4. The molecular weight excluding hydrogens is 345 g/mol. The normalized spacial score (nSPS) is 11.0. The Kier molecular flexibility index (Phi) is 4.83. The molecule has 1 heterocycles. The number of alkyl halides is 3. The van der Waals surface area contributed by atoms with Crippen molar-refractivity contribution in [3.05, 3.63) is 78.8 Å². The maximum absolute atomic E-state index is 13.0. The number of rotatable bonds is 3. The molecule has 0 unspecified atom stereocenters. The summed E-state index contributed by atoms with van der Waals surface area (Å²) < 4.78 is 39.1. The molecule has 8 heteroatoms. The molecule has 1 N–H and O–H groups in total. The van der Waals surface area contributed by atoms with Gasteiger partial charge < -0.3 is 5.32 Å². The number of hydrogen-bond donors (Lipinski definition) is 1. The van der Waals surface area contributed by atoms with Crippen molar-refractivity contribution >= 4 is 23.2 Å². The first-order chi connectivity index (χ1) is 12.4. The van der Waals surface area contributed by atoms with Gasteiger partial charge in [-0.05, 0) is 36.4 Å². The Morgan fingerprint density at radius 3 is 2.42 bits per heavy atom. The molecule has 0 saturated carbocycles. The summed E-state index contributed by atoms with van der Waals surface area (Å²) in [5.41, 5.74) is -0.322. The summed E-state index contributed by atoms with van der Waals surface area (Å²) in [6.45, 7) is 0. The third kappa shape index (κ3) is 3.97. The number of halogens is 3. The first-order valence-corrected chi connectivity index (χ1v) is 7.54. The Balaban J connectivity index is 2.01. The van der Waals surface area contributed by atoms with Crippen LogP contribution in [0.1, 0.15) is 5.56 Å². The monoisotopic (exact) mass is 358 g/mol. The molecule has 0 radical (unpaired) electrons. The molecule has 0 aliphatic rings. The summed E-state index contributed by atoms with van der Waals surface area (Å²) in [6.07, 6.45) is -1.91. The quantitative estimate of drug-likeness (QED) is 0.727. The lowest BCUT2D eigenvalue weighted by atomic mass is 10.2. The average molecular weight is 358 g/mol. The standard InChI is InChI=1S/C18H13F3N4O/c19-18(20,21)13-5-4-8-15(11-13)25(16-9-10-22-12-23-16)17(26)24-14-6-2-1-3-7-14/h1-12H,(H,24,26). The van der Waals surface area contributed by atoms with Gasteiger partial charge in [-0.3, -0.25) is 0 Å². The van der Waals surface area contributed by atoms with E-state index in [0.717, 1.165) is 17.0 Å². The number of para-hydroxylation sites is 1. The summed E-state index contributed by atoms with van der Waals surface area (Å²) in [5, 5.41) is 2.64. The summed E-state index contributed by atoms with van der Waals surface area (Å²) in [6, 6.07) is 13.9. The Morgan fingerprint density at radius 2 is 1.77 bits per heavy atom. The third-order valence-corrected chi connectivity index (χ3v) is 3.46. The van der Waals surface area contributed by atoms with E-state index in [4.69, 9.17) is 0 Å². The molecule has 3 aromatic rings. The van der Waals surface area contributed by atoms with Gasteiger partial charge >= 0.3 is 12.2 Å². The van der Waals surface area contributed by atoms with Crippen LogP contribution < -0.4 is 10.2 Å². The highest BCUT2D eigenvalue weighted by Crippen LogP contribution is 2.33. The number of amides is 2. The highest BCUT2D eigenvalue weighted by Gasteiger charge is 2.31. The zero-order valence-electron chi connectivity index (χ0n) is 13.3. The van der Waals surface area contributed by atoms with Crippen molar-refractivity contribution in [1.82, 2.24) is 9.97 Å². The molecule has 132 valence electrons. The van der Waals surface area contributed by atoms with Crippen LogP contribution in [0.4, 0.5) is 35.2 Å². The van der Waals surface area contributed by atoms with E-state index < -0.39 is 17.8 Å². The Morgan fingerprint density at radius 1 is 1.00 bits per heavy atom. The van der Waals surface area contributed by atoms with E-state index in [0.29, 0.717) is 5.69 Å². The Bertz CT molecular complexity index is 886. The fraction of sp³-hybridized carbons (Fsp3) is 0.0556. The lowest BCUT2D eigenvalue weighted by Crippen LogP contribution is -2.31. The van der Waals surface area contributed by atoms with E-state index >= 15 is 0 Å². The highest BCUT2D eigenvalue weighted by molar-refractivity contribution is 6.06. The van der Waals surface area contributed by atoms with Crippen LogP contribution in [-0.4, -0.2) is 16.0 Å². The fourth-order valence-corrected chi connectivity index (χ4v) is 2.29. The van der Waals surface area contributed by atoms with Crippen molar-refractivity contribution in [3.8, 4) is 0 Å². The van der Waals surface area contributed by atoms with Gasteiger partial charge in [0.1, 0.15) is 12.1 Å². The van der Waals surface area contributed by atoms with Gasteiger partial charge in [0.15, 0.2) is 0 Å². The van der Waals surface area contributed by atoms with E-state index in [9.17, 15) is 18.0 Å². The molecule has 0 fully saturated rings. The van der Waals surface area contributed by atoms with E-state index in [-0.39, 0.29) is 11.5 Å². The van der Waals surface area contributed by atoms with Crippen molar-refractivity contribution in [2.75, 3.05) is 10.2 Å². The number of carbonyl (C=O) groups excluding carboxylic acids is 1. The minimum Gasteiger partial charge on any atom is -0.307 e. The molecule has 3 rings (SSSR count). The summed E-state index contributed by atoms with van der Waals surface area (Å²) in [7, 11) is 0. The number of hydrogen-bond acceptors (Lipinski definition) is 3. The average Bonchev–Trinajstić information content (AvgIpc) is 2.63. The molecule has 0 aliphatic heterocycles. The van der Waals surface area contributed by atoms with Crippen LogP contribution in [0, 0.1) is 0 Å². The number of anilines is 3. The zero-order chi connectivity index (χ0) is 18.6. The minimum atomic E-state index is -4.52. The number of carbonyl (C=O) groups is 1. The number of benzene rings is 2. The number of nitrogens with one attached hydrogen (secondary N) is 1. The van der Waals surface area contributed by atoms with E-state index in [1.165, 1.54) is 30.7 Å². The van der Waals surface area contributed by atoms with E-state index in [1.54, 1.807) is 30.3 Å². The fourth-order valence-electron chi connectivity index (χ4n) is 2.29. The van der Waals surface area contributed by atoms with Crippen molar-refractivity contribution in [2.45, 2.75) is 6.18 Å². The van der Waals surface area contributed by atoms with Gasteiger partial charge in [-0.1, -0.05) is 24.3 Å². The topological polar surface area (TPSA) is 58.1 Å². The van der Waals surface area contributed by atoms with Gasteiger partial charge in [-0.25, -0.2) is 19.7 Å². The zero-order valence-corrected chi connectivity index (χ0v) is 13.3. The minimum absolute atomic E-state index is 0.0342. The van der Waals surface area contributed by atoms with Crippen LogP contribution in [0.3, 0.4) is 0 Å².